The van der Waals surface area contributed by atoms with Crippen LogP contribution in [0.5, 0.6) is 0 Å². The Balaban J connectivity index is 1.13. The van der Waals surface area contributed by atoms with Crippen LogP contribution in [0.4, 0.5) is 0 Å². The Kier molecular flexibility index (Phi) is 7.78. The van der Waals surface area contributed by atoms with Crippen LogP contribution >= 0.6 is 0 Å². The number of benzene rings is 9. The van der Waals surface area contributed by atoms with Gasteiger partial charge in [0.2, 0.25) is 0 Å². The maximum Gasteiger partial charge on any atom is 0.0541 e. The molecule has 0 bridgehead atoms. The molecular formula is C54H41N. The third-order valence-corrected chi connectivity index (χ3v) is 11.8. The van der Waals surface area contributed by atoms with E-state index in [9.17, 15) is 0 Å². The van der Waals surface area contributed by atoms with Gasteiger partial charge in [-0.05, 0) is 146 Å². The first-order valence-electron chi connectivity index (χ1n) is 19.3. The molecule has 55 heavy (non-hydrogen) atoms. The van der Waals surface area contributed by atoms with Crippen molar-refractivity contribution in [2.45, 2.75) is 27.7 Å². The molecule has 0 spiro atoms. The van der Waals surface area contributed by atoms with Crippen molar-refractivity contribution in [2.24, 2.45) is 0 Å². The molecule has 0 atom stereocenters. The van der Waals surface area contributed by atoms with Crippen molar-refractivity contribution in [3.63, 3.8) is 0 Å². The van der Waals surface area contributed by atoms with Crippen LogP contribution in [0.15, 0.2) is 176 Å². The molecule has 1 heteroatoms. The summed E-state index contributed by atoms with van der Waals surface area (Å²) in [7, 11) is 0. The van der Waals surface area contributed by atoms with E-state index in [1.165, 1.54) is 110 Å². The van der Waals surface area contributed by atoms with Gasteiger partial charge in [0, 0.05) is 16.5 Å². The summed E-state index contributed by atoms with van der Waals surface area (Å²) in [6.07, 6.45) is 0. The van der Waals surface area contributed by atoms with Crippen LogP contribution in [0.2, 0.25) is 0 Å². The summed E-state index contributed by atoms with van der Waals surface area (Å²) in [5.41, 5.74) is 18.8. The van der Waals surface area contributed by atoms with Gasteiger partial charge in [-0.1, -0.05) is 146 Å². The molecule has 0 fully saturated rings. The van der Waals surface area contributed by atoms with Gasteiger partial charge < -0.3 is 4.57 Å². The summed E-state index contributed by atoms with van der Waals surface area (Å²) < 4.78 is 2.42. The lowest BCUT2D eigenvalue weighted by atomic mass is 9.83. The Bertz CT molecular complexity index is 3010. The largest absolute Gasteiger partial charge is 0.309 e. The highest BCUT2D eigenvalue weighted by Crippen LogP contribution is 2.46. The Labute approximate surface area is 322 Å². The van der Waals surface area contributed by atoms with Gasteiger partial charge in [-0.2, -0.15) is 0 Å². The molecule has 0 N–H and O–H groups in total. The minimum absolute atomic E-state index is 1.16. The highest BCUT2D eigenvalue weighted by atomic mass is 15.0. The third-order valence-electron chi connectivity index (χ3n) is 11.8. The molecule has 1 aromatic heterocycles. The van der Waals surface area contributed by atoms with Gasteiger partial charge in [0.25, 0.3) is 0 Å². The molecule has 0 amide bonds. The molecule has 1 heterocycles. The van der Waals surface area contributed by atoms with Gasteiger partial charge in [-0.3, -0.25) is 0 Å². The number of nitrogens with zero attached hydrogens (tertiary/aromatic N) is 1. The summed E-state index contributed by atoms with van der Waals surface area (Å²) >= 11 is 0. The molecule has 10 rings (SSSR count). The van der Waals surface area contributed by atoms with Crippen LogP contribution in [0.1, 0.15) is 22.3 Å². The summed E-state index contributed by atoms with van der Waals surface area (Å²) in [4.78, 5) is 0. The molecule has 0 saturated carbocycles. The van der Waals surface area contributed by atoms with Crippen molar-refractivity contribution in [3.05, 3.63) is 198 Å². The van der Waals surface area contributed by atoms with E-state index < -0.39 is 0 Å². The van der Waals surface area contributed by atoms with Crippen LogP contribution in [0.3, 0.4) is 0 Å². The summed E-state index contributed by atoms with van der Waals surface area (Å²) in [6.45, 7) is 8.95. The number of hydrogen-bond donors (Lipinski definition) is 0. The lowest BCUT2D eigenvalue weighted by molar-refractivity contribution is 1.18. The standard InChI is InChI=1S/C54H41N/c1-34-29-47-49(31-36(34)3)54(50-32-37(4)35(2)30-48(50)53(47)41-15-9-6-10-16-41)42-23-26-44(27-24-42)55-51-18-12-11-17-45(51)46-33-43(25-28-52(46)55)40-21-19-39(20-22-40)38-13-7-5-8-14-38/h5-33H,1-4H3. The second kappa shape index (κ2) is 13.0. The average molecular weight is 704 g/mol. The van der Waals surface area contributed by atoms with E-state index >= 15 is 0 Å². The molecular weight excluding hydrogens is 663 g/mol. The Morgan fingerprint density at radius 1 is 0.273 bits per heavy atom. The van der Waals surface area contributed by atoms with Crippen molar-refractivity contribution in [3.8, 4) is 50.2 Å². The van der Waals surface area contributed by atoms with E-state index in [1.807, 2.05) is 0 Å². The van der Waals surface area contributed by atoms with Gasteiger partial charge in [0.05, 0.1) is 11.0 Å². The molecule has 0 unspecified atom stereocenters. The molecule has 262 valence electrons. The average Bonchev–Trinajstić information content (AvgIpc) is 3.56. The van der Waals surface area contributed by atoms with Crippen molar-refractivity contribution in [2.75, 3.05) is 0 Å². The fraction of sp³-hybridized carbons (Fsp3) is 0.0741. The van der Waals surface area contributed by atoms with E-state index in [4.69, 9.17) is 0 Å². The molecule has 0 aliphatic heterocycles. The van der Waals surface area contributed by atoms with Crippen LogP contribution in [0, 0.1) is 27.7 Å². The minimum Gasteiger partial charge on any atom is -0.309 e. The fourth-order valence-electron chi connectivity index (χ4n) is 8.67. The van der Waals surface area contributed by atoms with E-state index in [0.29, 0.717) is 0 Å². The first-order valence-corrected chi connectivity index (χ1v) is 19.3. The van der Waals surface area contributed by atoms with Crippen LogP contribution in [-0.2, 0) is 0 Å². The zero-order valence-electron chi connectivity index (χ0n) is 31.7. The Morgan fingerprint density at radius 2 is 0.655 bits per heavy atom. The molecule has 0 aliphatic carbocycles. The van der Waals surface area contributed by atoms with Gasteiger partial charge in [0.15, 0.2) is 0 Å². The Hall–Kier alpha value is -6.70. The van der Waals surface area contributed by atoms with Crippen LogP contribution in [0.25, 0.3) is 93.5 Å². The van der Waals surface area contributed by atoms with Gasteiger partial charge >= 0.3 is 0 Å². The topological polar surface area (TPSA) is 4.93 Å². The first kappa shape index (κ1) is 32.9. The lowest BCUT2D eigenvalue weighted by Crippen LogP contribution is -1.96. The molecule has 10 aromatic rings. The number of rotatable bonds is 5. The van der Waals surface area contributed by atoms with E-state index in [1.54, 1.807) is 0 Å². The predicted molar refractivity (Wildman–Crippen MR) is 236 cm³/mol. The third kappa shape index (κ3) is 5.46. The molecule has 0 aliphatic rings. The molecule has 0 radical (unpaired) electrons. The molecule has 1 nitrogen and oxygen atoms in total. The van der Waals surface area contributed by atoms with Crippen molar-refractivity contribution in [1.82, 2.24) is 4.57 Å². The zero-order valence-corrected chi connectivity index (χ0v) is 31.7. The van der Waals surface area contributed by atoms with Gasteiger partial charge in [-0.15, -0.1) is 0 Å². The van der Waals surface area contributed by atoms with Crippen molar-refractivity contribution in [1.29, 1.82) is 0 Å². The smallest absolute Gasteiger partial charge is 0.0541 e. The maximum absolute atomic E-state index is 2.42. The monoisotopic (exact) mass is 703 g/mol. The van der Waals surface area contributed by atoms with Crippen LogP contribution in [-0.4, -0.2) is 4.57 Å². The zero-order chi connectivity index (χ0) is 37.2. The summed E-state index contributed by atoms with van der Waals surface area (Å²) in [5.74, 6) is 0. The highest BCUT2D eigenvalue weighted by molar-refractivity contribution is 6.22. The molecule has 0 saturated heterocycles. The number of para-hydroxylation sites is 1. The number of fused-ring (bicyclic) bond motifs is 5. The highest BCUT2D eigenvalue weighted by Gasteiger charge is 2.20. The second-order valence-electron chi connectivity index (χ2n) is 15.2. The summed E-state index contributed by atoms with van der Waals surface area (Å²) in [5, 5.41) is 7.72. The normalized spacial score (nSPS) is 11.6. The van der Waals surface area contributed by atoms with Crippen molar-refractivity contribution >= 4 is 43.4 Å². The number of aromatic nitrogens is 1. The lowest BCUT2D eigenvalue weighted by Gasteiger charge is -2.20. The van der Waals surface area contributed by atoms with Crippen molar-refractivity contribution < 1.29 is 0 Å². The van der Waals surface area contributed by atoms with Crippen LogP contribution < -0.4 is 0 Å². The second-order valence-corrected chi connectivity index (χ2v) is 15.2. The van der Waals surface area contributed by atoms with Gasteiger partial charge in [0.1, 0.15) is 0 Å². The maximum atomic E-state index is 2.42. The Morgan fingerprint density at radius 3 is 1.20 bits per heavy atom. The first-order chi connectivity index (χ1) is 26.9. The number of aryl methyl sites for hydroxylation is 4. The fourth-order valence-corrected chi connectivity index (χ4v) is 8.67. The SMILES string of the molecule is Cc1cc2c(-c3ccccc3)c3cc(C)c(C)cc3c(-c3ccc(-n4c5ccccc5c5cc(-c6ccc(-c7ccccc7)cc6)ccc54)cc3)c2cc1C. The number of hydrogen-bond acceptors (Lipinski definition) is 0. The summed E-state index contributed by atoms with van der Waals surface area (Å²) in [6, 6.07) is 65.1. The molecule has 9 aromatic carbocycles. The van der Waals surface area contributed by atoms with E-state index in [0.717, 1.165) is 5.69 Å². The predicted octanol–water partition coefficient (Wildman–Crippen LogP) is 15.0. The quantitative estimate of drug-likeness (QED) is 0.157. The van der Waals surface area contributed by atoms with Gasteiger partial charge in [-0.25, -0.2) is 0 Å². The minimum atomic E-state index is 1.16. The van der Waals surface area contributed by atoms with E-state index in [2.05, 4.69) is 208 Å². The van der Waals surface area contributed by atoms with E-state index in [-0.39, 0.29) is 0 Å².